The van der Waals surface area contributed by atoms with E-state index >= 15 is 0 Å². The van der Waals surface area contributed by atoms with Gasteiger partial charge < -0.3 is 15.2 Å². The minimum atomic E-state index is 0. The molecule has 21 heavy (non-hydrogen) atoms. The fourth-order valence-corrected chi connectivity index (χ4v) is 2.73. The molecule has 0 bridgehead atoms. The van der Waals surface area contributed by atoms with Gasteiger partial charge in [0.15, 0.2) is 11.8 Å². The molecule has 7 heteroatoms. The molecule has 3 rings (SSSR count). The van der Waals surface area contributed by atoms with Crippen molar-refractivity contribution >= 4 is 29.9 Å². The molecule has 1 aliphatic heterocycles. The lowest BCUT2D eigenvalue weighted by Crippen LogP contribution is -2.42. The molecule has 0 aromatic carbocycles. The predicted octanol–water partition coefficient (Wildman–Crippen LogP) is 1.62. The number of hydrogen-bond donors (Lipinski definition) is 2. The van der Waals surface area contributed by atoms with Gasteiger partial charge in [0.1, 0.15) is 12.4 Å². The molecule has 0 radical (unpaired) electrons. The lowest BCUT2D eigenvalue weighted by molar-refractivity contribution is 0.629. The van der Waals surface area contributed by atoms with E-state index in [1.165, 1.54) is 6.42 Å². The van der Waals surface area contributed by atoms with Gasteiger partial charge in [-0.1, -0.05) is 12.2 Å². The lowest BCUT2D eigenvalue weighted by Gasteiger charge is -2.16. The maximum atomic E-state index is 4.64. The highest BCUT2D eigenvalue weighted by molar-refractivity contribution is 14.0. The van der Waals surface area contributed by atoms with Gasteiger partial charge in [0.2, 0.25) is 0 Å². The van der Waals surface area contributed by atoms with Crippen LogP contribution in [0.5, 0.6) is 0 Å². The number of nitrogens with one attached hydrogen (secondary N) is 2. The van der Waals surface area contributed by atoms with Crippen molar-refractivity contribution in [1.82, 2.24) is 25.4 Å². The Bertz CT molecular complexity index is 514. The van der Waals surface area contributed by atoms with E-state index in [2.05, 4.69) is 49.5 Å². The van der Waals surface area contributed by atoms with E-state index in [0.29, 0.717) is 12.6 Å². The number of fused-ring (bicyclic) bond motifs is 1. The van der Waals surface area contributed by atoms with Crippen LogP contribution in [0.1, 0.15) is 37.8 Å². The zero-order valence-electron chi connectivity index (χ0n) is 12.4. The Balaban J connectivity index is 0.00000161. The Labute approximate surface area is 142 Å². The third-order valence-electron chi connectivity index (χ3n) is 3.76. The first kappa shape index (κ1) is 16.3. The van der Waals surface area contributed by atoms with Crippen LogP contribution >= 0.6 is 24.0 Å². The molecule has 0 saturated heterocycles. The first-order valence-electron chi connectivity index (χ1n) is 7.47. The minimum Gasteiger partial charge on any atom is -0.357 e. The summed E-state index contributed by atoms with van der Waals surface area (Å²) in [4.78, 5) is 4.64. The molecule has 2 N–H and O–H groups in total. The predicted molar refractivity (Wildman–Crippen MR) is 93.9 cm³/mol. The Morgan fingerprint density at radius 3 is 2.95 bits per heavy atom. The van der Waals surface area contributed by atoms with Crippen molar-refractivity contribution in [2.75, 3.05) is 6.54 Å². The lowest BCUT2D eigenvalue weighted by atomic mass is 10.2. The molecule has 0 saturated carbocycles. The van der Waals surface area contributed by atoms with Crippen molar-refractivity contribution in [3.05, 3.63) is 23.8 Å². The number of aromatic nitrogens is 3. The number of rotatable bonds is 4. The Morgan fingerprint density at radius 1 is 1.38 bits per heavy atom. The van der Waals surface area contributed by atoms with Crippen LogP contribution in [-0.2, 0) is 19.5 Å². The van der Waals surface area contributed by atoms with Crippen LogP contribution in [0.2, 0.25) is 0 Å². The highest BCUT2D eigenvalue weighted by Crippen LogP contribution is 2.14. The number of guanidine groups is 1. The topological polar surface area (TPSA) is 67.1 Å². The first-order chi connectivity index (χ1) is 9.86. The number of halogens is 1. The third kappa shape index (κ3) is 3.96. The standard InChI is InChI=1S/C14H22N6.HI/c1-2-15-14(17-11-6-3-4-7-11)16-10-13-19-18-12-8-5-9-20(12)13;/h3-4,11H,2,5-10H2,1H3,(H2,15,16,17);1H. The third-order valence-corrected chi connectivity index (χ3v) is 3.76. The normalized spacial score (nSPS) is 17.7. The van der Waals surface area contributed by atoms with Crippen LogP contribution in [0, 0.1) is 0 Å². The van der Waals surface area contributed by atoms with Crippen molar-refractivity contribution in [3.63, 3.8) is 0 Å². The maximum absolute atomic E-state index is 4.64. The average molecular weight is 402 g/mol. The zero-order chi connectivity index (χ0) is 13.8. The molecule has 1 aromatic rings. The average Bonchev–Trinajstić information content (AvgIpc) is 3.14. The largest absolute Gasteiger partial charge is 0.357 e. The van der Waals surface area contributed by atoms with Gasteiger partial charge in [-0.3, -0.25) is 0 Å². The second-order valence-electron chi connectivity index (χ2n) is 5.27. The summed E-state index contributed by atoms with van der Waals surface area (Å²) in [6, 6.07) is 0.469. The van der Waals surface area contributed by atoms with E-state index in [-0.39, 0.29) is 24.0 Å². The number of aliphatic imine (C=N–C) groups is 1. The molecule has 0 spiro atoms. The molecule has 6 nitrogen and oxygen atoms in total. The Morgan fingerprint density at radius 2 is 2.19 bits per heavy atom. The molecule has 116 valence electrons. The zero-order valence-corrected chi connectivity index (χ0v) is 14.7. The van der Waals surface area contributed by atoms with E-state index in [1.54, 1.807) is 0 Å². The van der Waals surface area contributed by atoms with Gasteiger partial charge in [-0.15, -0.1) is 34.2 Å². The van der Waals surface area contributed by atoms with Gasteiger partial charge in [-0.25, -0.2) is 4.99 Å². The molecule has 0 unspecified atom stereocenters. The number of hydrogen-bond acceptors (Lipinski definition) is 3. The fourth-order valence-electron chi connectivity index (χ4n) is 2.73. The molecule has 0 atom stereocenters. The van der Waals surface area contributed by atoms with E-state index in [4.69, 9.17) is 0 Å². The van der Waals surface area contributed by atoms with Crippen LogP contribution < -0.4 is 10.6 Å². The fraction of sp³-hybridized carbons (Fsp3) is 0.643. The van der Waals surface area contributed by atoms with Gasteiger partial charge in [-0.2, -0.15) is 0 Å². The van der Waals surface area contributed by atoms with Gasteiger partial charge >= 0.3 is 0 Å². The summed E-state index contributed by atoms with van der Waals surface area (Å²) >= 11 is 0. The molecular formula is C14H23IN6. The van der Waals surface area contributed by atoms with Crippen LogP contribution in [-0.4, -0.2) is 33.3 Å². The van der Waals surface area contributed by atoms with E-state index in [1.807, 2.05) is 0 Å². The van der Waals surface area contributed by atoms with E-state index < -0.39 is 0 Å². The Kier molecular flexibility index (Phi) is 6.01. The van der Waals surface area contributed by atoms with Crippen molar-refractivity contribution < 1.29 is 0 Å². The van der Waals surface area contributed by atoms with Crippen molar-refractivity contribution in [3.8, 4) is 0 Å². The molecule has 0 fully saturated rings. The first-order valence-corrected chi connectivity index (χ1v) is 7.47. The van der Waals surface area contributed by atoms with Crippen LogP contribution in [0.25, 0.3) is 0 Å². The van der Waals surface area contributed by atoms with Crippen molar-refractivity contribution in [1.29, 1.82) is 0 Å². The summed E-state index contributed by atoms with van der Waals surface area (Å²) in [6.45, 7) is 4.56. The smallest absolute Gasteiger partial charge is 0.191 e. The molecule has 2 aliphatic rings. The quantitative estimate of drug-likeness (QED) is 0.348. The van der Waals surface area contributed by atoms with Crippen molar-refractivity contribution in [2.24, 2.45) is 4.99 Å². The summed E-state index contributed by atoms with van der Waals surface area (Å²) in [5.74, 6) is 2.95. The molecule has 1 aliphatic carbocycles. The summed E-state index contributed by atoms with van der Waals surface area (Å²) < 4.78 is 2.20. The minimum absolute atomic E-state index is 0. The van der Waals surface area contributed by atoms with E-state index in [9.17, 15) is 0 Å². The van der Waals surface area contributed by atoms with Gasteiger partial charge in [0, 0.05) is 25.6 Å². The highest BCUT2D eigenvalue weighted by Gasteiger charge is 2.17. The van der Waals surface area contributed by atoms with Crippen LogP contribution in [0.15, 0.2) is 17.1 Å². The number of aryl methyl sites for hydroxylation is 1. The Hall–Kier alpha value is -1.12. The maximum Gasteiger partial charge on any atom is 0.191 e. The second-order valence-corrected chi connectivity index (χ2v) is 5.27. The molecule has 1 aromatic heterocycles. The monoisotopic (exact) mass is 402 g/mol. The van der Waals surface area contributed by atoms with Gasteiger partial charge in [0.25, 0.3) is 0 Å². The summed E-state index contributed by atoms with van der Waals surface area (Å²) in [7, 11) is 0. The van der Waals surface area contributed by atoms with Crippen LogP contribution in [0.3, 0.4) is 0 Å². The number of nitrogens with zero attached hydrogens (tertiary/aromatic N) is 4. The second kappa shape index (κ2) is 7.77. The van der Waals surface area contributed by atoms with Crippen molar-refractivity contribution in [2.45, 2.75) is 51.7 Å². The van der Waals surface area contributed by atoms with E-state index in [0.717, 1.165) is 50.0 Å². The van der Waals surface area contributed by atoms with Crippen LogP contribution in [0.4, 0.5) is 0 Å². The SMILES string of the molecule is CCNC(=NCc1nnc2n1CCC2)NC1CC=CC1.I. The summed E-state index contributed by atoms with van der Waals surface area (Å²) in [6.07, 6.45) is 8.80. The van der Waals surface area contributed by atoms with Gasteiger partial charge in [0.05, 0.1) is 0 Å². The molecule has 0 amide bonds. The molecule has 2 heterocycles. The summed E-state index contributed by atoms with van der Waals surface area (Å²) in [5.41, 5.74) is 0. The van der Waals surface area contributed by atoms with Gasteiger partial charge in [-0.05, 0) is 26.2 Å². The molecular weight excluding hydrogens is 379 g/mol. The summed E-state index contributed by atoms with van der Waals surface area (Å²) in [5, 5.41) is 15.2. The highest BCUT2D eigenvalue weighted by atomic mass is 127.